The van der Waals surface area contributed by atoms with E-state index in [4.69, 9.17) is 5.73 Å². The molecule has 20 heavy (non-hydrogen) atoms. The molecule has 3 nitrogen and oxygen atoms in total. The molecule has 0 atom stereocenters. The second-order valence-corrected chi connectivity index (χ2v) is 6.32. The maximum atomic E-state index is 12.3. The molecule has 3 N–H and O–H groups in total. The van der Waals surface area contributed by atoms with Crippen LogP contribution in [0, 0.1) is 13.8 Å². The van der Waals surface area contributed by atoms with Gasteiger partial charge in [-0.1, -0.05) is 22.0 Å². The number of nitrogens with one attached hydrogen (secondary N) is 1. The maximum Gasteiger partial charge on any atom is 0.256 e. The van der Waals surface area contributed by atoms with Crippen LogP contribution >= 0.6 is 31.9 Å². The van der Waals surface area contributed by atoms with Crippen LogP contribution in [0.5, 0.6) is 0 Å². The third-order valence-corrected chi connectivity index (χ3v) is 4.33. The van der Waals surface area contributed by atoms with E-state index in [1.807, 2.05) is 32.0 Å². The Kier molecular flexibility index (Phi) is 4.50. The van der Waals surface area contributed by atoms with Crippen molar-refractivity contribution in [2.45, 2.75) is 13.8 Å². The molecular formula is C15H14Br2N2O. The number of amides is 1. The summed E-state index contributed by atoms with van der Waals surface area (Å²) in [5.74, 6) is -0.190. The summed E-state index contributed by atoms with van der Waals surface area (Å²) < 4.78 is 1.64. The molecule has 5 heteroatoms. The van der Waals surface area contributed by atoms with Gasteiger partial charge in [0.05, 0.1) is 16.9 Å². The molecule has 0 aromatic heterocycles. The van der Waals surface area contributed by atoms with E-state index in [2.05, 4.69) is 37.2 Å². The van der Waals surface area contributed by atoms with Crippen LogP contribution in [-0.4, -0.2) is 5.91 Å². The average molecular weight is 398 g/mol. The molecule has 2 aromatic carbocycles. The summed E-state index contributed by atoms with van der Waals surface area (Å²) in [5, 5.41) is 2.89. The summed E-state index contributed by atoms with van der Waals surface area (Å²) in [5.41, 5.74) is 9.81. The molecule has 0 unspecified atom stereocenters. The van der Waals surface area contributed by atoms with Gasteiger partial charge in [0.25, 0.3) is 5.91 Å². The van der Waals surface area contributed by atoms with Gasteiger partial charge in [-0.15, -0.1) is 0 Å². The summed E-state index contributed by atoms with van der Waals surface area (Å²) in [6.07, 6.45) is 0. The molecule has 0 fully saturated rings. The molecule has 104 valence electrons. The molecule has 2 aromatic rings. The van der Waals surface area contributed by atoms with Crippen LogP contribution < -0.4 is 11.1 Å². The first-order valence-corrected chi connectivity index (χ1v) is 7.61. The van der Waals surface area contributed by atoms with Gasteiger partial charge < -0.3 is 11.1 Å². The molecule has 0 saturated carbocycles. The van der Waals surface area contributed by atoms with E-state index in [1.165, 1.54) is 0 Å². The van der Waals surface area contributed by atoms with E-state index in [1.54, 1.807) is 12.1 Å². The van der Waals surface area contributed by atoms with Gasteiger partial charge in [0, 0.05) is 8.95 Å². The quantitative estimate of drug-likeness (QED) is 0.723. The third-order valence-electron chi connectivity index (χ3n) is 3.18. The van der Waals surface area contributed by atoms with Crippen molar-refractivity contribution in [1.29, 1.82) is 0 Å². The molecule has 0 spiro atoms. The highest BCUT2D eigenvalue weighted by Gasteiger charge is 2.14. The predicted molar refractivity (Wildman–Crippen MR) is 90.1 cm³/mol. The van der Waals surface area contributed by atoms with Crippen LogP contribution in [0.2, 0.25) is 0 Å². The number of nitrogens with two attached hydrogens (primary N) is 1. The molecular weight excluding hydrogens is 384 g/mol. The average Bonchev–Trinajstić information content (AvgIpc) is 2.39. The first-order chi connectivity index (χ1) is 9.40. The Bertz CT molecular complexity index is 684. The zero-order chi connectivity index (χ0) is 14.9. The summed E-state index contributed by atoms with van der Waals surface area (Å²) in [6.45, 7) is 3.93. The van der Waals surface area contributed by atoms with Crippen molar-refractivity contribution in [2.24, 2.45) is 0 Å². The minimum atomic E-state index is -0.190. The lowest BCUT2D eigenvalue weighted by molar-refractivity contribution is 0.102. The fraction of sp³-hybridized carbons (Fsp3) is 0.133. The van der Waals surface area contributed by atoms with Gasteiger partial charge >= 0.3 is 0 Å². The number of anilines is 2. The molecule has 1 amide bonds. The van der Waals surface area contributed by atoms with E-state index in [-0.39, 0.29) is 5.91 Å². The first kappa shape index (κ1) is 15.1. The standard InChI is InChI=1S/C15H14Br2N2O/c1-8-3-6-13(18)14(9(8)2)19-15(20)11-5-4-10(16)7-12(11)17/h3-7H,18H2,1-2H3,(H,19,20). The van der Waals surface area contributed by atoms with Gasteiger partial charge in [0.15, 0.2) is 0 Å². The van der Waals surface area contributed by atoms with Crippen LogP contribution in [0.15, 0.2) is 39.3 Å². The zero-order valence-corrected chi connectivity index (χ0v) is 14.3. The van der Waals surface area contributed by atoms with Crippen LogP contribution in [0.4, 0.5) is 11.4 Å². The van der Waals surface area contributed by atoms with Crippen molar-refractivity contribution in [3.63, 3.8) is 0 Å². The molecule has 0 aliphatic rings. The highest BCUT2D eigenvalue weighted by Crippen LogP contribution is 2.28. The van der Waals surface area contributed by atoms with E-state index in [0.29, 0.717) is 16.9 Å². The summed E-state index contributed by atoms with van der Waals surface area (Å²) in [6, 6.07) is 9.16. The van der Waals surface area contributed by atoms with Crippen LogP contribution in [0.3, 0.4) is 0 Å². The highest BCUT2D eigenvalue weighted by molar-refractivity contribution is 9.11. The maximum absolute atomic E-state index is 12.3. The molecule has 0 radical (unpaired) electrons. The van der Waals surface area contributed by atoms with Crippen LogP contribution in [-0.2, 0) is 0 Å². The Labute approximate surface area is 134 Å². The molecule has 0 aliphatic heterocycles. The Morgan fingerprint density at radius 2 is 1.85 bits per heavy atom. The minimum absolute atomic E-state index is 0.190. The van der Waals surface area contributed by atoms with Gasteiger partial charge in [-0.25, -0.2) is 0 Å². The van der Waals surface area contributed by atoms with Crippen molar-refractivity contribution in [1.82, 2.24) is 0 Å². The number of carbonyl (C=O) groups is 1. The number of carbonyl (C=O) groups excluding carboxylic acids is 1. The SMILES string of the molecule is Cc1ccc(N)c(NC(=O)c2ccc(Br)cc2Br)c1C. The number of halogens is 2. The van der Waals surface area contributed by atoms with Crippen molar-refractivity contribution in [3.05, 3.63) is 56.0 Å². The van der Waals surface area contributed by atoms with Gasteiger partial charge in [-0.05, 0) is 65.2 Å². The van der Waals surface area contributed by atoms with Gasteiger partial charge in [-0.3, -0.25) is 4.79 Å². The van der Waals surface area contributed by atoms with E-state index >= 15 is 0 Å². The second-order valence-electron chi connectivity index (χ2n) is 4.55. The number of nitrogen functional groups attached to an aromatic ring is 1. The number of hydrogen-bond acceptors (Lipinski definition) is 2. The smallest absolute Gasteiger partial charge is 0.256 e. The van der Waals surface area contributed by atoms with E-state index in [0.717, 1.165) is 20.1 Å². The molecule has 0 bridgehead atoms. The number of aryl methyl sites for hydroxylation is 1. The lowest BCUT2D eigenvalue weighted by atomic mass is 10.1. The monoisotopic (exact) mass is 396 g/mol. The van der Waals surface area contributed by atoms with E-state index < -0.39 is 0 Å². The lowest BCUT2D eigenvalue weighted by Crippen LogP contribution is -2.15. The van der Waals surface area contributed by atoms with Gasteiger partial charge in [-0.2, -0.15) is 0 Å². The number of hydrogen-bond donors (Lipinski definition) is 2. The Balaban J connectivity index is 2.35. The fourth-order valence-corrected chi connectivity index (χ4v) is 3.08. The van der Waals surface area contributed by atoms with Crippen molar-refractivity contribution in [2.75, 3.05) is 11.1 Å². The molecule has 0 aliphatic carbocycles. The molecule has 2 rings (SSSR count). The lowest BCUT2D eigenvalue weighted by Gasteiger charge is -2.14. The largest absolute Gasteiger partial charge is 0.397 e. The Morgan fingerprint density at radius 3 is 2.50 bits per heavy atom. The zero-order valence-electron chi connectivity index (χ0n) is 11.1. The summed E-state index contributed by atoms with van der Waals surface area (Å²) in [7, 11) is 0. The predicted octanol–water partition coefficient (Wildman–Crippen LogP) is 4.66. The molecule has 0 saturated heterocycles. The van der Waals surface area contributed by atoms with Gasteiger partial charge in [0.1, 0.15) is 0 Å². The van der Waals surface area contributed by atoms with E-state index in [9.17, 15) is 4.79 Å². The summed E-state index contributed by atoms with van der Waals surface area (Å²) >= 11 is 6.75. The molecule has 0 heterocycles. The normalized spacial score (nSPS) is 10.4. The third kappa shape index (κ3) is 3.04. The number of rotatable bonds is 2. The fourth-order valence-electron chi connectivity index (χ4n) is 1.86. The summed E-state index contributed by atoms with van der Waals surface area (Å²) in [4.78, 5) is 12.3. The van der Waals surface area contributed by atoms with Crippen LogP contribution in [0.1, 0.15) is 21.5 Å². The van der Waals surface area contributed by atoms with Crippen molar-refractivity contribution >= 4 is 49.1 Å². The highest BCUT2D eigenvalue weighted by atomic mass is 79.9. The van der Waals surface area contributed by atoms with Crippen molar-refractivity contribution < 1.29 is 4.79 Å². The van der Waals surface area contributed by atoms with Crippen LogP contribution in [0.25, 0.3) is 0 Å². The second kappa shape index (κ2) is 5.97. The van der Waals surface area contributed by atoms with Crippen molar-refractivity contribution in [3.8, 4) is 0 Å². The Morgan fingerprint density at radius 1 is 1.15 bits per heavy atom. The van der Waals surface area contributed by atoms with Gasteiger partial charge in [0.2, 0.25) is 0 Å². The number of benzene rings is 2. The first-order valence-electron chi connectivity index (χ1n) is 6.02. The topological polar surface area (TPSA) is 55.1 Å². The Hall–Kier alpha value is -1.33. The minimum Gasteiger partial charge on any atom is -0.397 e.